The molecule has 2 unspecified atom stereocenters. The van der Waals surface area contributed by atoms with E-state index in [9.17, 15) is 19.5 Å². The van der Waals surface area contributed by atoms with Crippen LogP contribution < -0.4 is 5.11 Å². The van der Waals surface area contributed by atoms with Crippen LogP contribution in [0, 0.1) is 0 Å². The normalized spacial score (nSPS) is 13.5. The highest BCUT2D eigenvalue weighted by atomic mass is 16.6. The minimum Gasteiger partial charge on any atom is -0.544 e. The number of ether oxygens (including phenoxy) is 3. The van der Waals surface area contributed by atoms with Crippen molar-refractivity contribution in [2.45, 2.75) is 174 Å². The Kier molecular flexibility index (Phi) is 33.5. The smallest absolute Gasteiger partial charge is 0.306 e. The number of esters is 2. The number of quaternary nitrogens is 1. The number of likely N-dealkylation sites (N-methyl/N-ethyl adjacent to an activating group) is 1. The van der Waals surface area contributed by atoms with E-state index in [2.05, 4.69) is 62.5 Å². The molecule has 0 N–H and O–H groups in total. The molecule has 0 saturated heterocycles. The van der Waals surface area contributed by atoms with E-state index >= 15 is 0 Å². The highest BCUT2D eigenvalue weighted by Gasteiger charge is 2.25. The van der Waals surface area contributed by atoms with Gasteiger partial charge >= 0.3 is 11.9 Å². The Morgan fingerprint density at radius 2 is 1.08 bits per heavy atom. The van der Waals surface area contributed by atoms with Gasteiger partial charge in [-0.3, -0.25) is 9.59 Å². The monoisotopic (exact) mass is 732 g/mol. The molecule has 0 aliphatic rings. The molecule has 0 fully saturated rings. The molecule has 0 aromatic carbocycles. The zero-order valence-corrected chi connectivity index (χ0v) is 34.0. The van der Waals surface area contributed by atoms with Crippen LogP contribution in [0.2, 0.25) is 0 Å². The van der Waals surface area contributed by atoms with Crippen LogP contribution in [0.3, 0.4) is 0 Å². The molecule has 0 heterocycles. The van der Waals surface area contributed by atoms with Gasteiger partial charge in [-0.15, -0.1) is 0 Å². The average molecular weight is 732 g/mol. The van der Waals surface area contributed by atoms with E-state index in [0.29, 0.717) is 6.42 Å². The summed E-state index contributed by atoms with van der Waals surface area (Å²) in [6, 6.07) is -0.732. The molecule has 300 valence electrons. The molecule has 8 heteroatoms. The van der Waals surface area contributed by atoms with Gasteiger partial charge in [0.15, 0.2) is 6.10 Å². The Balaban J connectivity index is 4.44. The van der Waals surface area contributed by atoms with Gasteiger partial charge in [0.1, 0.15) is 12.6 Å². The van der Waals surface area contributed by atoms with E-state index in [1.54, 1.807) is 21.1 Å². The molecule has 0 saturated carbocycles. The topological polar surface area (TPSA) is 102 Å². The van der Waals surface area contributed by atoms with Crippen LogP contribution in [0.1, 0.15) is 162 Å². The van der Waals surface area contributed by atoms with Crippen LogP contribution >= 0.6 is 0 Å². The summed E-state index contributed by atoms with van der Waals surface area (Å²) in [5.41, 5.74) is 0. The Morgan fingerprint density at radius 3 is 1.63 bits per heavy atom. The number of hydrogen-bond acceptors (Lipinski definition) is 7. The Morgan fingerprint density at radius 1 is 0.596 bits per heavy atom. The third-order valence-corrected chi connectivity index (χ3v) is 8.95. The Bertz CT molecular complexity index is 995. The van der Waals surface area contributed by atoms with E-state index < -0.39 is 18.1 Å². The summed E-state index contributed by atoms with van der Waals surface area (Å²) in [5, 5.41) is 11.6. The van der Waals surface area contributed by atoms with Crippen LogP contribution in [0.25, 0.3) is 0 Å². The summed E-state index contributed by atoms with van der Waals surface area (Å²) >= 11 is 0. The maximum absolute atomic E-state index is 12.7. The second-order valence-corrected chi connectivity index (χ2v) is 14.8. The maximum atomic E-state index is 12.7. The van der Waals surface area contributed by atoms with Gasteiger partial charge in [0.05, 0.1) is 40.3 Å². The number of unbranched alkanes of at least 4 members (excludes halogenated alkanes) is 14. The van der Waals surface area contributed by atoms with E-state index in [0.717, 1.165) is 77.0 Å². The fourth-order valence-corrected chi connectivity index (χ4v) is 5.73. The molecule has 0 aliphatic carbocycles. The number of carbonyl (C=O) groups is 3. The first-order valence-electron chi connectivity index (χ1n) is 20.7. The van der Waals surface area contributed by atoms with Crippen molar-refractivity contribution in [3.63, 3.8) is 0 Å². The maximum Gasteiger partial charge on any atom is 0.306 e. The largest absolute Gasteiger partial charge is 0.544 e. The summed E-state index contributed by atoms with van der Waals surface area (Å²) in [6.45, 7) is 4.49. The van der Waals surface area contributed by atoms with Crippen molar-refractivity contribution in [1.29, 1.82) is 0 Å². The van der Waals surface area contributed by atoms with Gasteiger partial charge in [-0.2, -0.15) is 0 Å². The van der Waals surface area contributed by atoms with Gasteiger partial charge in [0.2, 0.25) is 0 Å². The van der Waals surface area contributed by atoms with E-state index in [1.807, 2.05) is 0 Å². The van der Waals surface area contributed by atoms with Crippen molar-refractivity contribution >= 4 is 17.9 Å². The van der Waals surface area contributed by atoms with Gasteiger partial charge in [-0.25, -0.2) is 0 Å². The Labute approximate surface area is 318 Å². The third-order valence-electron chi connectivity index (χ3n) is 8.95. The lowest BCUT2D eigenvalue weighted by Crippen LogP contribution is -2.55. The second kappa shape index (κ2) is 35.3. The standard InChI is InChI=1S/C44H77NO7/c1-6-8-10-12-14-16-18-20-21-23-24-26-28-30-32-34-42(46)51-39-40(38-50-37-36-41(44(48)49)45(3,4)5)52-43(47)35-33-31-29-27-25-22-19-17-15-13-11-9-7-2/h9,11,15,17,20-22,25,40-41H,6-8,10,12-14,16,18-19,23-24,26-39H2,1-5H3/b11-9-,17-15-,21-20-,25-22-. The number of aliphatic carboxylic acids is 1. The molecule has 0 radical (unpaired) electrons. The lowest BCUT2D eigenvalue weighted by Gasteiger charge is -2.34. The minimum atomic E-state index is -1.13. The molecule has 0 spiro atoms. The first kappa shape index (κ1) is 49.3. The van der Waals surface area contributed by atoms with Crippen LogP contribution in [0.4, 0.5) is 0 Å². The number of nitrogens with zero attached hydrogens (tertiary/aromatic N) is 1. The molecule has 0 bridgehead atoms. The number of carboxylic acid groups (broad SMARTS) is 1. The molecule has 2 atom stereocenters. The highest BCUT2D eigenvalue weighted by molar-refractivity contribution is 5.70. The molecule has 0 aliphatic heterocycles. The van der Waals surface area contributed by atoms with Crippen LogP contribution in [-0.2, 0) is 28.6 Å². The Hall–Kier alpha value is -2.71. The first-order valence-corrected chi connectivity index (χ1v) is 20.7. The second-order valence-electron chi connectivity index (χ2n) is 14.8. The molecule has 52 heavy (non-hydrogen) atoms. The molecule has 8 nitrogen and oxygen atoms in total. The van der Waals surface area contributed by atoms with Crippen molar-refractivity contribution in [1.82, 2.24) is 0 Å². The lowest BCUT2D eigenvalue weighted by molar-refractivity contribution is -0.889. The van der Waals surface area contributed by atoms with Crippen molar-refractivity contribution in [2.24, 2.45) is 0 Å². The number of allylic oxidation sites excluding steroid dienone is 8. The third kappa shape index (κ3) is 33.1. The quantitative estimate of drug-likeness (QED) is 0.0274. The van der Waals surface area contributed by atoms with Crippen LogP contribution in [0.15, 0.2) is 48.6 Å². The summed E-state index contributed by atoms with van der Waals surface area (Å²) in [6.07, 6.45) is 39.9. The molecule has 0 rings (SSSR count). The SMILES string of the molecule is CC/C=C\C/C=C\C/C=C\CCCCCC(=O)OC(COCCC(C(=O)[O-])[N+](C)(C)C)COC(=O)CCCCCCC/C=C\CCCCCCCC. The summed E-state index contributed by atoms with van der Waals surface area (Å²) in [5.74, 6) is -1.79. The molecule has 0 aromatic heterocycles. The predicted molar refractivity (Wildman–Crippen MR) is 213 cm³/mol. The predicted octanol–water partition coefficient (Wildman–Crippen LogP) is 9.52. The van der Waals surface area contributed by atoms with Crippen LogP contribution in [0.5, 0.6) is 0 Å². The van der Waals surface area contributed by atoms with Crippen molar-refractivity contribution in [2.75, 3.05) is 41.0 Å². The summed E-state index contributed by atoms with van der Waals surface area (Å²) < 4.78 is 17.1. The zero-order chi connectivity index (χ0) is 38.5. The van der Waals surface area contributed by atoms with Crippen LogP contribution in [-0.4, -0.2) is 75.5 Å². The van der Waals surface area contributed by atoms with Gasteiger partial charge in [-0.05, 0) is 70.6 Å². The van der Waals surface area contributed by atoms with Gasteiger partial charge in [-0.1, -0.05) is 120 Å². The van der Waals surface area contributed by atoms with Gasteiger partial charge in [0, 0.05) is 19.3 Å². The van der Waals surface area contributed by atoms with Crippen molar-refractivity contribution in [3.8, 4) is 0 Å². The molecular weight excluding hydrogens is 654 g/mol. The van der Waals surface area contributed by atoms with E-state index in [4.69, 9.17) is 14.2 Å². The summed E-state index contributed by atoms with van der Waals surface area (Å²) in [7, 11) is 5.38. The number of carbonyl (C=O) groups excluding carboxylic acids is 3. The van der Waals surface area contributed by atoms with E-state index in [-0.39, 0.29) is 49.1 Å². The van der Waals surface area contributed by atoms with Gasteiger partial charge in [0.25, 0.3) is 0 Å². The van der Waals surface area contributed by atoms with E-state index in [1.165, 1.54) is 51.4 Å². The lowest BCUT2D eigenvalue weighted by atomic mass is 10.1. The average Bonchev–Trinajstić information content (AvgIpc) is 3.09. The number of rotatable bonds is 36. The summed E-state index contributed by atoms with van der Waals surface area (Å²) in [4.78, 5) is 36.7. The van der Waals surface area contributed by atoms with Crippen molar-refractivity contribution < 1.29 is 38.2 Å². The first-order chi connectivity index (χ1) is 25.1. The highest BCUT2D eigenvalue weighted by Crippen LogP contribution is 2.12. The fraction of sp³-hybridized carbons (Fsp3) is 0.750. The molecular formula is C44H77NO7. The minimum absolute atomic E-state index is 0.0253. The number of hydrogen-bond donors (Lipinski definition) is 0. The molecule has 0 aromatic rings. The van der Waals surface area contributed by atoms with Crippen molar-refractivity contribution in [3.05, 3.63) is 48.6 Å². The zero-order valence-electron chi connectivity index (χ0n) is 34.0. The number of carboxylic acids is 1. The molecule has 0 amide bonds. The van der Waals surface area contributed by atoms with Gasteiger partial charge < -0.3 is 28.6 Å². The fourth-order valence-electron chi connectivity index (χ4n) is 5.73.